The number of thiophene rings is 1. The molecule has 0 aliphatic carbocycles. The molecule has 5 nitrogen and oxygen atoms in total. The molecule has 2 aromatic rings. The third-order valence-corrected chi connectivity index (χ3v) is 5.37. The zero-order valence-corrected chi connectivity index (χ0v) is 15.1. The number of amides is 1. The van der Waals surface area contributed by atoms with Gasteiger partial charge < -0.3 is 9.32 Å². The molecule has 0 aromatic carbocycles. The molecule has 3 rings (SSSR count). The standard InChI is InChI=1S/C18H25N3O2S/c1-2-4-14-5-3-10-21(11-8-14)17(22)7-6-16-19-20-18(23-16)15-9-12-24-13-15/h9,12-14H,2-8,10-11H2,1H3/t14-/m0/s1. The fourth-order valence-corrected chi connectivity index (χ4v) is 3.97. The van der Waals surface area contributed by atoms with Crippen LogP contribution in [-0.2, 0) is 11.2 Å². The normalized spacial score (nSPS) is 18.5. The summed E-state index contributed by atoms with van der Waals surface area (Å²) in [4.78, 5) is 14.5. The van der Waals surface area contributed by atoms with E-state index >= 15 is 0 Å². The van der Waals surface area contributed by atoms with Gasteiger partial charge in [-0.25, -0.2) is 0 Å². The van der Waals surface area contributed by atoms with Gasteiger partial charge in [0.1, 0.15) is 0 Å². The number of carbonyl (C=O) groups excluding carboxylic acids is 1. The van der Waals surface area contributed by atoms with Crippen LogP contribution in [0.5, 0.6) is 0 Å². The zero-order chi connectivity index (χ0) is 16.8. The van der Waals surface area contributed by atoms with Crippen molar-refractivity contribution < 1.29 is 9.21 Å². The van der Waals surface area contributed by atoms with E-state index in [-0.39, 0.29) is 5.91 Å². The summed E-state index contributed by atoms with van der Waals surface area (Å²) in [5.41, 5.74) is 0.944. The largest absolute Gasteiger partial charge is 0.421 e. The van der Waals surface area contributed by atoms with Crippen molar-refractivity contribution in [3.8, 4) is 11.5 Å². The van der Waals surface area contributed by atoms with Gasteiger partial charge in [0, 0.05) is 36.9 Å². The van der Waals surface area contributed by atoms with Gasteiger partial charge in [0.15, 0.2) is 0 Å². The number of likely N-dealkylation sites (tertiary alicyclic amines) is 1. The lowest BCUT2D eigenvalue weighted by Crippen LogP contribution is -2.32. The number of hydrogen-bond donors (Lipinski definition) is 0. The molecule has 1 aliphatic heterocycles. The molecule has 1 fully saturated rings. The van der Waals surface area contributed by atoms with Gasteiger partial charge in [0.05, 0.1) is 0 Å². The summed E-state index contributed by atoms with van der Waals surface area (Å²) in [7, 11) is 0. The number of aryl methyl sites for hydroxylation is 1. The second kappa shape index (κ2) is 8.42. The van der Waals surface area contributed by atoms with E-state index in [2.05, 4.69) is 17.1 Å². The summed E-state index contributed by atoms with van der Waals surface area (Å²) in [6.07, 6.45) is 7.01. The molecule has 0 radical (unpaired) electrons. The highest BCUT2D eigenvalue weighted by Crippen LogP contribution is 2.23. The number of carbonyl (C=O) groups is 1. The van der Waals surface area contributed by atoms with Gasteiger partial charge in [-0.05, 0) is 36.6 Å². The van der Waals surface area contributed by atoms with Crippen molar-refractivity contribution in [3.05, 3.63) is 22.7 Å². The number of hydrogen-bond acceptors (Lipinski definition) is 5. The zero-order valence-electron chi connectivity index (χ0n) is 14.2. The van der Waals surface area contributed by atoms with Gasteiger partial charge in [-0.1, -0.05) is 19.8 Å². The van der Waals surface area contributed by atoms with Crippen molar-refractivity contribution in [1.82, 2.24) is 15.1 Å². The molecular formula is C18H25N3O2S. The predicted molar refractivity (Wildman–Crippen MR) is 94.8 cm³/mol. The second-order valence-electron chi connectivity index (χ2n) is 6.48. The fourth-order valence-electron chi connectivity index (χ4n) is 3.34. The molecule has 1 atom stereocenters. The Hall–Kier alpha value is -1.69. The lowest BCUT2D eigenvalue weighted by molar-refractivity contribution is -0.131. The van der Waals surface area contributed by atoms with E-state index in [0.29, 0.717) is 24.6 Å². The number of aromatic nitrogens is 2. The van der Waals surface area contributed by atoms with E-state index in [4.69, 9.17) is 4.42 Å². The second-order valence-corrected chi connectivity index (χ2v) is 7.26. The minimum absolute atomic E-state index is 0.211. The molecule has 1 amide bonds. The van der Waals surface area contributed by atoms with Crippen LogP contribution >= 0.6 is 11.3 Å². The van der Waals surface area contributed by atoms with Crippen molar-refractivity contribution in [2.75, 3.05) is 13.1 Å². The van der Waals surface area contributed by atoms with E-state index in [1.807, 2.05) is 21.7 Å². The Labute approximate surface area is 147 Å². The molecule has 2 aromatic heterocycles. The van der Waals surface area contributed by atoms with Crippen molar-refractivity contribution >= 4 is 17.2 Å². The molecule has 0 spiro atoms. The first-order chi connectivity index (χ1) is 11.8. The lowest BCUT2D eigenvalue weighted by Gasteiger charge is -2.20. The average Bonchev–Trinajstić information content (AvgIpc) is 3.22. The van der Waals surface area contributed by atoms with Crippen LogP contribution in [0.4, 0.5) is 0 Å². The van der Waals surface area contributed by atoms with Crippen molar-refractivity contribution in [2.45, 2.75) is 51.9 Å². The highest BCUT2D eigenvalue weighted by molar-refractivity contribution is 7.08. The molecule has 130 valence electrons. The smallest absolute Gasteiger partial charge is 0.248 e. The van der Waals surface area contributed by atoms with Crippen LogP contribution in [0.15, 0.2) is 21.2 Å². The van der Waals surface area contributed by atoms with Gasteiger partial charge >= 0.3 is 0 Å². The summed E-state index contributed by atoms with van der Waals surface area (Å²) in [6, 6.07) is 1.96. The molecule has 6 heteroatoms. The van der Waals surface area contributed by atoms with E-state index in [1.165, 1.54) is 19.3 Å². The lowest BCUT2D eigenvalue weighted by atomic mass is 9.96. The number of rotatable bonds is 6. The summed E-state index contributed by atoms with van der Waals surface area (Å²) < 4.78 is 5.65. The first-order valence-corrected chi connectivity index (χ1v) is 9.83. The highest BCUT2D eigenvalue weighted by Gasteiger charge is 2.20. The molecule has 0 unspecified atom stereocenters. The summed E-state index contributed by atoms with van der Waals surface area (Å²) in [6.45, 7) is 4.03. The maximum Gasteiger partial charge on any atom is 0.248 e. The minimum Gasteiger partial charge on any atom is -0.421 e. The van der Waals surface area contributed by atoms with Gasteiger partial charge in [0.2, 0.25) is 17.7 Å². The van der Waals surface area contributed by atoms with Crippen LogP contribution in [0.25, 0.3) is 11.5 Å². The first kappa shape index (κ1) is 17.1. The molecule has 24 heavy (non-hydrogen) atoms. The SMILES string of the molecule is CCC[C@H]1CCCN(C(=O)CCc2nnc(-c3ccsc3)o2)CC1. The Balaban J connectivity index is 1.48. The van der Waals surface area contributed by atoms with Crippen molar-refractivity contribution in [3.63, 3.8) is 0 Å². The van der Waals surface area contributed by atoms with Crippen LogP contribution in [0.3, 0.4) is 0 Å². The quantitative estimate of drug-likeness (QED) is 0.787. The number of nitrogens with zero attached hydrogens (tertiary/aromatic N) is 3. The minimum atomic E-state index is 0.211. The van der Waals surface area contributed by atoms with Crippen LogP contribution in [0, 0.1) is 5.92 Å². The Morgan fingerprint density at radius 2 is 2.29 bits per heavy atom. The first-order valence-electron chi connectivity index (χ1n) is 8.89. The molecule has 1 saturated heterocycles. The molecular weight excluding hydrogens is 322 g/mol. The molecule has 1 aliphatic rings. The summed E-state index contributed by atoms with van der Waals surface area (Å²) in [5.74, 6) is 2.08. The van der Waals surface area contributed by atoms with Gasteiger partial charge in [-0.2, -0.15) is 11.3 Å². The third-order valence-electron chi connectivity index (χ3n) is 4.69. The Morgan fingerprint density at radius 1 is 1.38 bits per heavy atom. The Kier molecular flexibility index (Phi) is 6.01. The van der Waals surface area contributed by atoms with E-state index < -0.39 is 0 Å². The maximum atomic E-state index is 12.5. The average molecular weight is 347 g/mol. The van der Waals surface area contributed by atoms with Gasteiger partial charge in [0.25, 0.3) is 0 Å². The topological polar surface area (TPSA) is 59.2 Å². The summed E-state index contributed by atoms with van der Waals surface area (Å²) in [5, 5.41) is 12.1. The van der Waals surface area contributed by atoms with Crippen molar-refractivity contribution in [1.29, 1.82) is 0 Å². The Bertz CT molecular complexity index is 638. The predicted octanol–water partition coefficient (Wildman–Crippen LogP) is 4.16. The monoisotopic (exact) mass is 347 g/mol. The van der Waals surface area contributed by atoms with Crippen LogP contribution in [0.2, 0.25) is 0 Å². The molecule has 0 bridgehead atoms. The third kappa shape index (κ3) is 4.44. The van der Waals surface area contributed by atoms with E-state index in [9.17, 15) is 4.79 Å². The fraction of sp³-hybridized carbons (Fsp3) is 0.611. The Morgan fingerprint density at radius 3 is 3.08 bits per heavy atom. The maximum absolute atomic E-state index is 12.5. The van der Waals surface area contributed by atoms with Crippen LogP contribution < -0.4 is 0 Å². The summed E-state index contributed by atoms with van der Waals surface area (Å²) >= 11 is 1.60. The van der Waals surface area contributed by atoms with Gasteiger partial charge in [-0.3, -0.25) is 4.79 Å². The molecule has 3 heterocycles. The van der Waals surface area contributed by atoms with Gasteiger partial charge in [-0.15, -0.1) is 10.2 Å². The van der Waals surface area contributed by atoms with Crippen molar-refractivity contribution in [2.24, 2.45) is 5.92 Å². The van der Waals surface area contributed by atoms with E-state index in [1.54, 1.807) is 11.3 Å². The molecule has 0 N–H and O–H groups in total. The van der Waals surface area contributed by atoms with Crippen LogP contribution in [0.1, 0.15) is 51.3 Å². The van der Waals surface area contributed by atoms with Crippen LogP contribution in [-0.4, -0.2) is 34.1 Å². The highest BCUT2D eigenvalue weighted by atomic mass is 32.1. The molecule has 0 saturated carbocycles. The van der Waals surface area contributed by atoms with E-state index in [0.717, 1.165) is 37.4 Å².